The fraction of sp³-hybridized carbons (Fsp3) is 0.273. The summed E-state index contributed by atoms with van der Waals surface area (Å²) in [7, 11) is -2.59. The zero-order valence-electron chi connectivity index (χ0n) is 10.8. The second-order valence-electron chi connectivity index (χ2n) is 4.11. The maximum absolute atomic E-state index is 12.7. The Morgan fingerprint density at radius 1 is 1.38 bits per heavy atom. The van der Waals surface area contributed by atoms with E-state index in [1.807, 2.05) is 0 Å². The van der Waals surface area contributed by atoms with Crippen LogP contribution in [0.25, 0.3) is 0 Å². The van der Waals surface area contributed by atoms with E-state index in [0.717, 1.165) is 16.7 Å². The van der Waals surface area contributed by atoms with E-state index >= 15 is 0 Å². The van der Waals surface area contributed by atoms with E-state index < -0.39 is 16.6 Å². The number of pyridine rings is 1. The van der Waals surface area contributed by atoms with Crippen LogP contribution in [0.3, 0.4) is 0 Å². The van der Waals surface area contributed by atoms with Gasteiger partial charge >= 0.3 is 6.55 Å². The Labute approximate surface area is 125 Å². The second-order valence-corrected chi connectivity index (χ2v) is 6.54. The summed E-state index contributed by atoms with van der Waals surface area (Å²) in [5, 5.41) is 0.157. The van der Waals surface area contributed by atoms with Crippen molar-refractivity contribution < 1.29 is 17.2 Å². The highest BCUT2D eigenvalue weighted by molar-refractivity contribution is 7.89. The molecule has 0 radical (unpaired) electrons. The normalized spacial score (nSPS) is 12.3. The molecule has 2 rings (SSSR count). The van der Waals surface area contributed by atoms with Gasteiger partial charge in [0.15, 0.2) is 0 Å². The Bertz CT molecular complexity index is 718. The second kappa shape index (κ2) is 6.04. The molecule has 6 nitrogen and oxygen atoms in total. The summed E-state index contributed by atoms with van der Waals surface area (Å²) < 4.78 is 51.5. The lowest BCUT2D eigenvalue weighted by Gasteiger charge is -2.17. The molecule has 0 atom stereocenters. The highest BCUT2D eigenvalue weighted by Gasteiger charge is 2.23. The molecule has 0 N–H and O–H groups in total. The van der Waals surface area contributed by atoms with E-state index in [0.29, 0.717) is 4.57 Å². The summed E-state index contributed by atoms with van der Waals surface area (Å²) in [6, 6.07) is 2.63. The summed E-state index contributed by atoms with van der Waals surface area (Å²) in [4.78, 5) is 7.35. The van der Waals surface area contributed by atoms with Crippen LogP contribution in [-0.2, 0) is 16.6 Å². The molecule has 114 valence electrons. The summed E-state index contributed by atoms with van der Waals surface area (Å²) in [6.45, 7) is -3.07. The first-order valence-electron chi connectivity index (χ1n) is 5.70. The Morgan fingerprint density at radius 2 is 2.10 bits per heavy atom. The van der Waals surface area contributed by atoms with Gasteiger partial charge in [-0.3, -0.25) is 4.57 Å². The third-order valence-corrected chi connectivity index (χ3v) is 4.74. The molecule has 21 heavy (non-hydrogen) atoms. The van der Waals surface area contributed by atoms with Gasteiger partial charge in [0.2, 0.25) is 10.0 Å². The average Bonchev–Trinajstić information content (AvgIpc) is 2.87. The quantitative estimate of drug-likeness (QED) is 0.785. The number of halogens is 3. The number of aromatic nitrogens is 3. The summed E-state index contributed by atoms with van der Waals surface area (Å²) in [5.41, 5.74) is 0. The fourth-order valence-electron chi connectivity index (χ4n) is 1.62. The third-order valence-electron chi connectivity index (χ3n) is 2.73. The van der Waals surface area contributed by atoms with Crippen molar-refractivity contribution in [2.75, 3.05) is 7.05 Å². The molecule has 2 aromatic rings. The molecule has 0 saturated carbocycles. The number of imidazole rings is 1. The molecule has 0 fully saturated rings. The third kappa shape index (κ3) is 3.36. The van der Waals surface area contributed by atoms with Crippen LogP contribution in [0, 0.1) is 0 Å². The van der Waals surface area contributed by atoms with E-state index in [9.17, 15) is 17.2 Å². The number of hydrogen-bond acceptors (Lipinski definition) is 4. The predicted octanol–water partition coefficient (Wildman–Crippen LogP) is 2.15. The summed E-state index contributed by atoms with van der Waals surface area (Å²) in [5.74, 6) is -0.0574. The minimum atomic E-state index is -3.86. The van der Waals surface area contributed by atoms with Crippen LogP contribution in [-0.4, -0.2) is 34.3 Å². The zero-order valence-corrected chi connectivity index (χ0v) is 12.4. The van der Waals surface area contributed by atoms with Gasteiger partial charge in [-0.15, -0.1) is 0 Å². The molecular formula is C11H11ClF2N4O2S. The Hall–Kier alpha value is -1.58. The first-order chi connectivity index (χ1) is 9.82. The Kier molecular flexibility index (Phi) is 4.55. The monoisotopic (exact) mass is 336 g/mol. The van der Waals surface area contributed by atoms with Gasteiger partial charge in [0.05, 0.1) is 6.54 Å². The van der Waals surface area contributed by atoms with E-state index in [1.54, 1.807) is 0 Å². The minimum absolute atomic E-state index is 0.0574. The molecule has 0 unspecified atom stereocenters. The van der Waals surface area contributed by atoms with Crippen molar-refractivity contribution in [1.29, 1.82) is 0 Å². The van der Waals surface area contributed by atoms with Crippen molar-refractivity contribution in [3.63, 3.8) is 0 Å². The lowest BCUT2D eigenvalue weighted by atomic mass is 10.5. The lowest BCUT2D eigenvalue weighted by molar-refractivity contribution is 0.0658. The van der Waals surface area contributed by atoms with E-state index in [-0.39, 0.29) is 22.4 Å². The van der Waals surface area contributed by atoms with Crippen molar-refractivity contribution in [2.24, 2.45) is 0 Å². The number of sulfonamides is 1. The van der Waals surface area contributed by atoms with Gasteiger partial charge in [-0.2, -0.15) is 13.1 Å². The molecule has 0 spiro atoms. The Balaban J connectivity index is 2.24. The molecule has 0 amide bonds. The van der Waals surface area contributed by atoms with Crippen LogP contribution in [0.15, 0.2) is 35.6 Å². The summed E-state index contributed by atoms with van der Waals surface area (Å²) >= 11 is 5.60. The van der Waals surface area contributed by atoms with Crippen LogP contribution in [0.1, 0.15) is 12.4 Å². The van der Waals surface area contributed by atoms with Crippen molar-refractivity contribution in [3.05, 3.63) is 41.7 Å². The molecule has 2 aromatic heterocycles. The maximum Gasteiger partial charge on any atom is 0.319 e. The topological polar surface area (TPSA) is 68.1 Å². The van der Waals surface area contributed by atoms with Gasteiger partial charge in [-0.1, -0.05) is 11.6 Å². The highest BCUT2D eigenvalue weighted by atomic mass is 35.5. The molecule has 0 bridgehead atoms. The predicted molar refractivity (Wildman–Crippen MR) is 71.4 cm³/mol. The smallest absolute Gasteiger partial charge is 0.277 e. The summed E-state index contributed by atoms with van der Waals surface area (Å²) in [6.07, 6.45) is 3.38. The molecule has 0 aliphatic rings. The lowest BCUT2D eigenvalue weighted by Crippen LogP contribution is -2.28. The molecule has 0 saturated heterocycles. The number of nitrogens with zero attached hydrogens (tertiary/aromatic N) is 4. The largest absolute Gasteiger partial charge is 0.319 e. The SMILES string of the molecule is CN(Cc1nccn1C(F)F)S(=O)(=O)c1ccc(Cl)nc1. The van der Waals surface area contributed by atoms with Crippen molar-refractivity contribution >= 4 is 21.6 Å². The zero-order chi connectivity index (χ0) is 15.6. The van der Waals surface area contributed by atoms with Gasteiger partial charge in [0, 0.05) is 25.6 Å². The van der Waals surface area contributed by atoms with Crippen LogP contribution in [0.5, 0.6) is 0 Å². The van der Waals surface area contributed by atoms with Crippen molar-refractivity contribution in [2.45, 2.75) is 18.0 Å². The Morgan fingerprint density at radius 3 is 2.67 bits per heavy atom. The van der Waals surface area contributed by atoms with E-state index in [4.69, 9.17) is 11.6 Å². The minimum Gasteiger partial charge on any atom is -0.277 e. The van der Waals surface area contributed by atoms with Crippen LogP contribution >= 0.6 is 11.6 Å². The van der Waals surface area contributed by atoms with Gasteiger partial charge in [-0.25, -0.2) is 18.4 Å². The van der Waals surface area contributed by atoms with E-state index in [2.05, 4.69) is 9.97 Å². The molecule has 0 aliphatic heterocycles. The first kappa shape index (κ1) is 15.8. The molecule has 2 heterocycles. The fourth-order valence-corrected chi connectivity index (χ4v) is 2.81. The maximum atomic E-state index is 12.7. The standard InChI is InChI=1S/C11H11ClF2N4O2S/c1-17(7-10-15-4-5-18(10)11(13)14)21(19,20)8-2-3-9(12)16-6-8/h2-6,11H,7H2,1H3. The molecule has 0 aliphatic carbocycles. The number of hydrogen-bond donors (Lipinski definition) is 0. The van der Waals surface area contributed by atoms with Gasteiger partial charge in [0.25, 0.3) is 0 Å². The van der Waals surface area contributed by atoms with Crippen molar-refractivity contribution in [3.8, 4) is 0 Å². The average molecular weight is 337 g/mol. The van der Waals surface area contributed by atoms with Gasteiger partial charge in [-0.05, 0) is 12.1 Å². The molecule has 10 heteroatoms. The first-order valence-corrected chi connectivity index (χ1v) is 7.52. The number of alkyl halides is 2. The van der Waals surface area contributed by atoms with E-state index in [1.165, 1.54) is 25.4 Å². The molecule has 0 aromatic carbocycles. The van der Waals surface area contributed by atoms with Crippen LogP contribution in [0.4, 0.5) is 8.78 Å². The van der Waals surface area contributed by atoms with Crippen LogP contribution < -0.4 is 0 Å². The van der Waals surface area contributed by atoms with Gasteiger partial charge < -0.3 is 0 Å². The number of rotatable bonds is 5. The van der Waals surface area contributed by atoms with Gasteiger partial charge in [0.1, 0.15) is 15.9 Å². The van der Waals surface area contributed by atoms with Crippen LogP contribution in [0.2, 0.25) is 5.15 Å². The highest BCUT2D eigenvalue weighted by Crippen LogP contribution is 2.19. The van der Waals surface area contributed by atoms with Crippen molar-refractivity contribution in [1.82, 2.24) is 18.8 Å². The molecular weight excluding hydrogens is 326 g/mol.